The van der Waals surface area contributed by atoms with Crippen molar-refractivity contribution in [3.8, 4) is 23.0 Å². The molecule has 0 spiro atoms. The molecule has 0 heterocycles. The van der Waals surface area contributed by atoms with Gasteiger partial charge in [0.05, 0.1) is 0 Å². The molecule has 1 aliphatic carbocycles. The minimum atomic E-state index is -0.102. The highest BCUT2D eigenvalue weighted by molar-refractivity contribution is 5.44. The fourth-order valence-electron chi connectivity index (χ4n) is 7.35. The van der Waals surface area contributed by atoms with E-state index >= 15 is 0 Å². The normalized spacial score (nSPS) is 17.5. The molecule has 4 aromatic carbocycles. The quantitative estimate of drug-likeness (QED) is 0.163. The van der Waals surface area contributed by atoms with Gasteiger partial charge in [0.1, 0.15) is 23.0 Å². The Morgan fingerprint density at radius 2 is 0.830 bits per heavy atom. The maximum atomic E-state index is 6.01. The minimum absolute atomic E-state index is 0.102. The average molecular weight is 635 g/mol. The van der Waals surface area contributed by atoms with Crippen molar-refractivity contribution in [2.24, 2.45) is 11.3 Å². The molecule has 1 unspecified atom stereocenters. The smallest absolute Gasteiger partial charge is 0.230 e. The number of hydrogen-bond donors (Lipinski definition) is 0. The molecule has 0 bridgehead atoms. The van der Waals surface area contributed by atoms with Crippen LogP contribution in [0.25, 0.3) is 0 Å². The van der Waals surface area contributed by atoms with Crippen LogP contribution in [0.15, 0.2) is 97.1 Å². The number of ether oxygens (including phenoxy) is 4. The molecule has 1 atom stereocenters. The molecule has 4 nitrogen and oxygen atoms in total. The van der Waals surface area contributed by atoms with Crippen molar-refractivity contribution < 1.29 is 18.9 Å². The topological polar surface area (TPSA) is 36.9 Å². The monoisotopic (exact) mass is 634 g/mol. The summed E-state index contributed by atoms with van der Waals surface area (Å²) in [4.78, 5) is 0. The van der Waals surface area contributed by atoms with Crippen LogP contribution >= 0.6 is 0 Å². The Balaban J connectivity index is 1.25. The highest BCUT2D eigenvalue weighted by Crippen LogP contribution is 2.53. The third-order valence-corrected chi connectivity index (χ3v) is 9.54. The highest BCUT2D eigenvalue weighted by Gasteiger charge is 2.45. The number of benzene rings is 4. The molecule has 4 heteroatoms. The van der Waals surface area contributed by atoms with E-state index in [1.165, 1.54) is 28.7 Å². The molecule has 0 saturated heterocycles. The first-order chi connectivity index (χ1) is 22.1. The predicted octanol–water partition coefficient (Wildman–Crippen LogP) is 11.2. The first-order valence-corrected chi connectivity index (χ1v) is 17.1. The zero-order valence-electron chi connectivity index (χ0n) is 30.0. The van der Waals surface area contributed by atoms with Gasteiger partial charge in [-0.05, 0) is 112 Å². The Hall–Kier alpha value is -3.92. The predicted molar refractivity (Wildman–Crippen MR) is 193 cm³/mol. The lowest BCUT2D eigenvalue weighted by molar-refractivity contribution is 0.118. The molecular formula is C43H54O4. The summed E-state index contributed by atoms with van der Waals surface area (Å²) in [6.07, 6.45) is 3.39. The molecule has 4 aromatic rings. The maximum Gasteiger partial charge on any atom is 0.230 e. The molecule has 0 N–H and O–H groups in total. The fraction of sp³-hybridized carbons (Fsp3) is 0.442. The third kappa shape index (κ3) is 8.71. The Bertz CT molecular complexity index is 1460. The largest absolute Gasteiger partial charge is 0.458 e. The van der Waals surface area contributed by atoms with Crippen LogP contribution in [0.1, 0.15) is 104 Å². The summed E-state index contributed by atoms with van der Waals surface area (Å²) < 4.78 is 23.8. The summed E-state index contributed by atoms with van der Waals surface area (Å²) in [5.41, 5.74) is 5.55. The summed E-state index contributed by atoms with van der Waals surface area (Å²) in [5, 5.41) is 0. The van der Waals surface area contributed by atoms with Crippen molar-refractivity contribution in [1.82, 2.24) is 0 Å². The lowest BCUT2D eigenvalue weighted by Gasteiger charge is -2.48. The van der Waals surface area contributed by atoms with Crippen LogP contribution < -0.4 is 18.9 Å². The Labute approximate surface area is 283 Å². The molecule has 0 radical (unpaired) electrons. The van der Waals surface area contributed by atoms with E-state index in [0.29, 0.717) is 5.92 Å². The summed E-state index contributed by atoms with van der Waals surface area (Å²) in [7, 11) is 0. The van der Waals surface area contributed by atoms with E-state index in [1.54, 1.807) is 0 Å². The molecule has 0 aromatic heterocycles. The van der Waals surface area contributed by atoms with Crippen LogP contribution in [-0.2, 0) is 16.2 Å². The molecule has 1 fully saturated rings. The van der Waals surface area contributed by atoms with Gasteiger partial charge in [-0.25, -0.2) is 0 Å². The second kappa shape index (κ2) is 13.7. The van der Waals surface area contributed by atoms with E-state index in [0.717, 1.165) is 35.8 Å². The van der Waals surface area contributed by atoms with Gasteiger partial charge in [-0.3, -0.25) is 0 Å². The lowest BCUT2D eigenvalue weighted by Crippen LogP contribution is -2.41. The number of rotatable bonds is 10. The molecule has 0 aliphatic heterocycles. The maximum absolute atomic E-state index is 6.01. The van der Waals surface area contributed by atoms with Gasteiger partial charge in [0.25, 0.3) is 0 Å². The van der Waals surface area contributed by atoms with Crippen LogP contribution in [0.4, 0.5) is 0 Å². The van der Waals surface area contributed by atoms with Crippen LogP contribution in [0.3, 0.4) is 0 Å². The van der Waals surface area contributed by atoms with Crippen molar-refractivity contribution in [2.75, 3.05) is 13.6 Å². The fourth-order valence-corrected chi connectivity index (χ4v) is 7.35. The summed E-state index contributed by atoms with van der Waals surface area (Å²) in [6.45, 7) is 20.8. The van der Waals surface area contributed by atoms with Crippen LogP contribution in [0.5, 0.6) is 23.0 Å². The Kier molecular flexibility index (Phi) is 10.0. The van der Waals surface area contributed by atoms with Crippen molar-refractivity contribution in [2.45, 2.75) is 97.8 Å². The third-order valence-electron chi connectivity index (χ3n) is 9.54. The first-order valence-electron chi connectivity index (χ1n) is 17.1. The van der Waals surface area contributed by atoms with E-state index < -0.39 is 0 Å². The van der Waals surface area contributed by atoms with E-state index in [1.807, 2.05) is 24.3 Å². The van der Waals surface area contributed by atoms with Gasteiger partial charge >= 0.3 is 0 Å². The average Bonchev–Trinajstić information content (AvgIpc) is 3.00. The van der Waals surface area contributed by atoms with E-state index in [2.05, 4.69) is 135 Å². The molecule has 250 valence electrons. The Morgan fingerprint density at radius 3 is 1.13 bits per heavy atom. The molecule has 47 heavy (non-hydrogen) atoms. The van der Waals surface area contributed by atoms with Crippen molar-refractivity contribution in [3.63, 3.8) is 0 Å². The zero-order chi connectivity index (χ0) is 33.9. The van der Waals surface area contributed by atoms with Crippen LogP contribution in [0.2, 0.25) is 0 Å². The molecule has 1 saturated carbocycles. The molecule has 0 amide bonds. The van der Waals surface area contributed by atoms with Crippen molar-refractivity contribution in [3.05, 3.63) is 119 Å². The molecule has 5 rings (SSSR count). The summed E-state index contributed by atoms with van der Waals surface area (Å²) in [6, 6.07) is 33.8. The van der Waals surface area contributed by atoms with Gasteiger partial charge in [-0.15, -0.1) is 0 Å². The molecular weight excluding hydrogens is 580 g/mol. The van der Waals surface area contributed by atoms with Crippen molar-refractivity contribution in [1.29, 1.82) is 0 Å². The first kappa shape index (κ1) is 34.4. The van der Waals surface area contributed by atoms with Crippen molar-refractivity contribution >= 4 is 0 Å². The van der Waals surface area contributed by atoms with E-state index in [-0.39, 0.29) is 35.2 Å². The van der Waals surface area contributed by atoms with Gasteiger partial charge < -0.3 is 18.9 Å². The van der Waals surface area contributed by atoms with Gasteiger partial charge in [-0.1, -0.05) is 111 Å². The molecule has 1 aliphatic rings. The van der Waals surface area contributed by atoms with Gasteiger partial charge in [-0.2, -0.15) is 0 Å². The van der Waals surface area contributed by atoms with Crippen LogP contribution in [-0.4, -0.2) is 13.6 Å². The second-order valence-corrected chi connectivity index (χ2v) is 16.3. The van der Waals surface area contributed by atoms with E-state index in [4.69, 9.17) is 18.9 Å². The SMILES string of the molecule is CC1CC(C)(C)CC(c2ccc(OCOc3ccc(C(C)(C)C)cc3)cc2)(c2ccc(OCOc3ccc(C(C)(C)C)cc3)cc2)C1. The highest BCUT2D eigenvalue weighted by atomic mass is 16.7. The summed E-state index contributed by atoms with van der Waals surface area (Å²) >= 11 is 0. The minimum Gasteiger partial charge on any atom is -0.458 e. The lowest BCUT2D eigenvalue weighted by atomic mass is 9.55. The second-order valence-electron chi connectivity index (χ2n) is 16.3. The van der Waals surface area contributed by atoms with Gasteiger partial charge in [0.2, 0.25) is 13.6 Å². The van der Waals surface area contributed by atoms with E-state index in [9.17, 15) is 0 Å². The Morgan fingerprint density at radius 1 is 0.511 bits per heavy atom. The zero-order valence-corrected chi connectivity index (χ0v) is 30.0. The van der Waals surface area contributed by atoms with Crippen LogP contribution in [0, 0.1) is 11.3 Å². The summed E-state index contributed by atoms with van der Waals surface area (Å²) in [5.74, 6) is 3.81. The van der Waals surface area contributed by atoms with Gasteiger partial charge in [0, 0.05) is 5.41 Å². The van der Waals surface area contributed by atoms with Gasteiger partial charge in [0.15, 0.2) is 0 Å². The standard InChI is InChI=1S/C43H54O4/c1-31-26-42(8,9)28-43(27-31,34-14-22-38(23-15-34)46-29-44-36-18-10-32(11-19-36)40(2,3)4)35-16-24-39(25-17-35)47-30-45-37-20-12-33(13-21-37)41(5,6)7/h10-25,31H,26-30H2,1-9H3. The number of hydrogen-bond acceptors (Lipinski definition) is 4.